The number of hydrogen-bond donors (Lipinski definition) is 0. The average Bonchev–Trinajstić information content (AvgIpc) is 1.97. The van der Waals surface area contributed by atoms with Crippen LogP contribution in [0.15, 0.2) is 5.16 Å². The molecule has 0 unspecified atom stereocenters. The van der Waals surface area contributed by atoms with Crippen LogP contribution in [-0.4, -0.2) is 11.7 Å². The van der Waals surface area contributed by atoms with Gasteiger partial charge < -0.3 is 4.84 Å². The Morgan fingerprint density at radius 2 is 1.92 bits per heavy atom. The third kappa shape index (κ3) is 4.11. The van der Waals surface area contributed by atoms with Crippen LogP contribution in [0.1, 0.15) is 41.0 Å². The molecule has 3 heteroatoms. The van der Waals surface area contributed by atoms with Gasteiger partial charge in [-0.1, -0.05) is 12.1 Å². The number of nitrogens with zero attached hydrogens (tertiary/aromatic N) is 1. The van der Waals surface area contributed by atoms with Crippen molar-refractivity contribution in [3.63, 3.8) is 0 Å². The summed E-state index contributed by atoms with van der Waals surface area (Å²) in [5.74, 6) is -0.296. The van der Waals surface area contributed by atoms with E-state index < -0.39 is 5.41 Å². The van der Waals surface area contributed by atoms with Gasteiger partial charge in [-0.15, -0.1) is 0 Å². The summed E-state index contributed by atoms with van der Waals surface area (Å²) < 4.78 is 0. The number of rotatable bonds is 2. The summed E-state index contributed by atoms with van der Waals surface area (Å²) in [6.07, 6.45) is 0.803. The molecule has 12 heavy (non-hydrogen) atoms. The zero-order valence-corrected chi connectivity index (χ0v) is 8.47. The molecule has 0 aliphatic carbocycles. The zero-order valence-electron chi connectivity index (χ0n) is 8.47. The highest BCUT2D eigenvalue weighted by molar-refractivity contribution is 5.82. The van der Waals surface area contributed by atoms with E-state index in [1.165, 1.54) is 0 Å². The molecule has 0 fully saturated rings. The average molecular weight is 171 g/mol. The van der Waals surface area contributed by atoms with E-state index in [1.54, 1.807) is 20.8 Å². The van der Waals surface area contributed by atoms with Crippen molar-refractivity contribution < 1.29 is 9.63 Å². The minimum absolute atomic E-state index is 0.296. The molecule has 0 bridgehead atoms. The highest BCUT2D eigenvalue weighted by atomic mass is 16.7. The lowest BCUT2D eigenvalue weighted by Crippen LogP contribution is -2.21. The molecule has 0 atom stereocenters. The van der Waals surface area contributed by atoms with Gasteiger partial charge in [0.2, 0.25) is 0 Å². The summed E-state index contributed by atoms with van der Waals surface area (Å²) in [6.45, 7) is 9.18. The molecule has 0 aromatic rings. The smallest absolute Gasteiger partial charge is 0.318 e. The van der Waals surface area contributed by atoms with E-state index in [9.17, 15) is 4.79 Å². The Bertz CT molecular complexity index is 189. The fourth-order valence-corrected chi connectivity index (χ4v) is 0.321. The quantitative estimate of drug-likeness (QED) is 0.363. The molecule has 70 valence electrons. The first-order valence-electron chi connectivity index (χ1n) is 4.13. The van der Waals surface area contributed by atoms with E-state index >= 15 is 0 Å². The fraction of sp³-hybridized carbons (Fsp3) is 0.778. The number of hydrogen-bond acceptors (Lipinski definition) is 3. The molecule has 0 aromatic carbocycles. The molecule has 0 aliphatic rings. The van der Waals surface area contributed by atoms with Gasteiger partial charge in [-0.05, 0) is 34.1 Å². The van der Waals surface area contributed by atoms with Gasteiger partial charge in [0.25, 0.3) is 0 Å². The minimum atomic E-state index is -0.475. The third-order valence-electron chi connectivity index (χ3n) is 1.41. The fourth-order valence-electron chi connectivity index (χ4n) is 0.321. The second-order valence-corrected chi connectivity index (χ2v) is 3.81. The third-order valence-corrected chi connectivity index (χ3v) is 1.41. The minimum Gasteiger partial charge on any atom is -0.318 e. The van der Waals surface area contributed by atoms with Gasteiger partial charge in [0.15, 0.2) is 0 Å². The zero-order chi connectivity index (χ0) is 9.78. The molecule has 0 amide bonds. The van der Waals surface area contributed by atoms with Crippen LogP contribution in [0.25, 0.3) is 0 Å². The van der Waals surface area contributed by atoms with E-state index in [-0.39, 0.29) is 5.97 Å². The molecule has 0 spiro atoms. The summed E-state index contributed by atoms with van der Waals surface area (Å²) in [7, 11) is 0. The number of oxime groups is 1. The summed E-state index contributed by atoms with van der Waals surface area (Å²) in [4.78, 5) is 15.9. The van der Waals surface area contributed by atoms with E-state index in [4.69, 9.17) is 4.84 Å². The van der Waals surface area contributed by atoms with E-state index in [0.29, 0.717) is 0 Å². The summed E-state index contributed by atoms with van der Waals surface area (Å²) in [5, 5.41) is 3.68. The Morgan fingerprint density at radius 1 is 1.42 bits per heavy atom. The molecule has 0 rings (SSSR count). The van der Waals surface area contributed by atoms with E-state index in [1.807, 2.05) is 13.8 Å². The molecular formula is C9H17NO2. The Morgan fingerprint density at radius 3 is 2.25 bits per heavy atom. The maximum atomic E-state index is 11.2. The van der Waals surface area contributed by atoms with Crippen molar-refractivity contribution in [3.05, 3.63) is 0 Å². The maximum absolute atomic E-state index is 11.2. The van der Waals surface area contributed by atoms with Crippen LogP contribution in [0.3, 0.4) is 0 Å². The Kier molecular flexibility index (Phi) is 3.93. The topological polar surface area (TPSA) is 38.7 Å². The largest absolute Gasteiger partial charge is 0.340 e. The van der Waals surface area contributed by atoms with Crippen molar-refractivity contribution in [2.75, 3.05) is 0 Å². The Labute approximate surface area is 73.8 Å². The second kappa shape index (κ2) is 4.24. The van der Waals surface area contributed by atoms with Gasteiger partial charge in [-0.25, -0.2) is 4.79 Å². The highest BCUT2D eigenvalue weighted by Gasteiger charge is 2.23. The summed E-state index contributed by atoms with van der Waals surface area (Å²) in [6, 6.07) is 0. The molecule has 0 N–H and O–H groups in total. The maximum Gasteiger partial charge on any atom is 0.340 e. The van der Waals surface area contributed by atoms with Crippen LogP contribution in [0.4, 0.5) is 0 Å². The SMILES string of the molecule is CC/C(C)=N/OC(=O)C(C)(C)C. The van der Waals surface area contributed by atoms with Crippen molar-refractivity contribution in [2.45, 2.75) is 41.0 Å². The van der Waals surface area contributed by atoms with Crippen molar-refractivity contribution in [1.29, 1.82) is 0 Å². The lowest BCUT2D eigenvalue weighted by molar-refractivity contribution is -0.152. The van der Waals surface area contributed by atoms with Gasteiger partial charge >= 0.3 is 5.97 Å². The molecule has 0 radical (unpaired) electrons. The molecule has 0 heterocycles. The first-order valence-corrected chi connectivity index (χ1v) is 4.13. The number of carbonyl (C=O) groups excluding carboxylic acids is 1. The monoisotopic (exact) mass is 171 g/mol. The molecular weight excluding hydrogens is 154 g/mol. The predicted octanol–water partition coefficient (Wildman–Crippen LogP) is 2.36. The van der Waals surface area contributed by atoms with Crippen molar-refractivity contribution in [2.24, 2.45) is 10.6 Å². The van der Waals surface area contributed by atoms with Crippen LogP contribution in [0.5, 0.6) is 0 Å². The molecule has 0 aliphatic heterocycles. The highest BCUT2D eigenvalue weighted by Crippen LogP contribution is 2.15. The Balaban J connectivity index is 4.04. The lowest BCUT2D eigenvalue weighted by Gasteiger charge is -2.12. The van der Waals surface area contributed by atoms with Gasteiger partial charge in [0.1, 0.15) is 0 Å². The number of carbonyl (C=O) groups is 1. The van der Waals surface area contributed by atoms with Crippen LogP contribution in [-0.2, 0) is 9.63 Å². The van der Waals surface area contributed by atoms with Crippen LogP contribution >= 0.6 is 0 Å². The van der Waals surface area contributed by atoms with Crippen molar-refractivity contribution >= 4 is 11.7 Å². The van der Waals surface area contributed by atoms with E-state index in [2.05, 4.69) is 5.16 Å². The van der Waals surface area contributed by atoms with Crippen molar-refractivity contribution in [1.82, 2.24) is 0 Å². The van der Waals surface area contributed by atoms with Crippen LogP contribution in [0, 0.1) is 5.41 Å². The first-order chi connectivity index (χ1) is 5.38. The normalized spacial score (nSPS) is 12.9. The molecule has 0 saturated heterocycles. The molecule has 0 aromatic heterocycles. The second-order valence-electron chi connectivity index (χ2n) is 3.81. The molecule has 3 nitrogen and oxygen atoms in total. The van der Waals surface area contributed by atoms with E-state index in [0.717, 1.165) is 12.1 Å². The lowest BCUT2D eigenvalue weighted by atomic mass is 9.98. The molecule has 0 saturated carbocycles. The van der Waals surface area contributed by atoms with Gasteiger partial charge in [0.05, 0.1) is 11.1 Å². The summed E-state index contributed by atoms with van der Waals surface area (Å²) in [5.41, 5.74) is 0.352. The summed E-state index contributed by atoms with van der Waals surface area (Å²) >= 11 is 0. The van der Waals surface area contributed by atoms with Gasteiger partial charge in [-0.2, -0.15) is 0 Å². The van der Waals surface area contributed by atoms with Gasteiger partial charge in [0, 0.05) is 0 Å². The van der Waals surface area contributed by atoms with Gasteiger partial charge in [-0.3, -0.25) is 0 Å². The van der Waals surface area contributed by atoms with Crippen LogP contribution < -0.4 is 0 Å². The Hall–Kier alpha value is -0.860. The standard InChI is InChI=1S/C9H17NO2/c1-6-7(2)10-12-8(11)9(3,4)5/h6H2,1-5H3/b10-7+. The van der Waals surface area contributed by atoms with Crippen molar-refractivity contribution in [3.8, 4) is 0 Å². The predicted molar refractivity (Wildman–Crippen MR) is 48.9 cm³/mol. The first kappa shape index (κ1) is 11.1. The van der Waals surface area contributed by atoms with Crippen LogP contribution in [0.2, 0.25) is 0 Å².